The summed E-state index contributed by atoms with van der Waals surface area (Å²) >= 11 is 4.44. The largest absolute Gasteiger partial charge is 0.330 e. The van der Waals surface area contributed by atoms with Gasteiger partial charge in [0.2, 0.25) is 11.0 Å². The zero-order valence-corrected chi connectivity index (χ0v) is 16.8. The molecule has 0 saturated heterocycles. The first-order valence-electron chi connectivity index (χ1n) is 7.92. The van der Waals surface area contributed by atoms with Crippen molar-refractivity contribution in [2.24, 2.45) is 0 Å². The lowest BCUT2D eigenvalue weighted by atomic mass is 10.3. The van der Waals surface area contributed by atoms with Crippen molar-refractivity contribution >= 4 is 57.3 Å². The SMILES string of the molecule is CSc1ccccc1NC(=O)C(C)Sc1nnc(Nc2ccccc2)s1. The van der Waals surface area contributed by atoms with E-state index in [0.717, 1.165) is 20.6 Å². The van der Waals surface area contributed by atoms with E-state index >= 15 is 0 Å². The molecule has 0 saturated carbocycles. The molecule has 0 radical (unpaired) electrons. The number of carbonyl (C=O) groups excluding carboxylic acids is 1. The van der Waals surface area contributed by atoms with Gasteiger partial charge in [-0.1, -0.05) is 53.4 Å². The van der Waals surface area contributed by atoms with Crippen molar-refractivity contribution in [2.45, 2.75) is 21.4 Å². The molecule has 26 heavy (non-hydrogen) atoms. The number of benzene rings is 2. The highest BCUT2D eigenvalue weighted by Crippen LogP contribution is 2.31. The highest BCUT2D eigenvalue weighted by Gasteiger charge is 2.18. The second-order valence-corrected chi connectivity index (χ2v) is 8.73. The van der Waals surface area contributed by atoms with Crippen molar-refractivity contribution in [3.05, 3.63) is 54.6 Å². The van der Waals surface area contributed by atoms with E-state index in [1.54, 1.807) is 11.8 Å². The average molecular weight is 403 g/mol. The predicted molar refractivity (Wildman–Crippen MR) is 112 cm³/mol. The number of rotatable bonds is 7. The van der Waals surface area contributed by atoms with Gasteiger partial charge in [0.05, 0.1) is 10.9 Å². The average Bonchev–Trinajstić information content (AvgIpc) is 3.09. The molecule has 0 fully saturated rings. The third kappa shape index (κ3) is 5.00. The van der Waals surface area contributed by atoms with Gasteiger partial charge in [-0.15, -0.1) is 22.0 Å². The maximum absolute atomic E-state index is 12.5. The minimum atomic E-state index is -0.276. The first kappa shape index (κ1) is 18.8. The molecule has 1 aromatic heterocycles. The van der Waals surface area contributed by atoms with Crippen molar-refractivity contribution in [1.29, 1.82) is 0 Å². The van der Waals surface area contributed by atoms with Gasteiger partial charge >= 0.3 is 0 Å². The van der Waals surface area contributed by atoms with Crippen LogP contribution in [0.3, 0.4) is 0 Å². The quantitative estimate of drug-likeness (QED) is 0.535. The summed E-state index contributed by atoms with van der Waals surface area (Å²) < 4.78 is 0.754. The van der Waals surface area contributed by atoms with E-state index in [1.807, 2.05) is 67.8 Å². The Balaban J connectivity index is 1.59. The van der Waals surface area contributed by atoms with Gasteiger partial charge in [0.25, 0.3) is 0 Å². The van der Waals surface area contributed by atoms with E-state index in [9.17, 15) is 4.79 Å². The molecule has 0 bridgehead atoms. The van der Waals surface area contributed by atoms with Gasteiger partial charge in [-0.25, -0.2) is 0 Å². The van der Waals surface area contributed by atoms with Gasteiger partial charge in [0.15, 0.2) is 4.34 Å². The Kier molecular flexibility index (Phi) is 6.54. The van der Waals surface area contributed by atoms with Gasteiger partial charge in [-0.05, 0) is 37.4 Å². The summed E-state index contributed by atoms with van der Waals surface area (Å²) in [5.41, 5.74) is 1.79. The van der Waals surface area contributed by atoms with Crippen molar-refractivity contribution in [3.8, 4) is 0 Å². The van der Waals surface area contributed by atoms with Crippen LogP contribution in [-0.2, 0) is 4.79 Å². The van der Waals surface area contributed by atoms with E-state index in [4.69, 9.17) is 0 Å². The first-order valence-corrected chi connectivity index (χ1v) is 10.8. The predicted octanol–water partition coefficient (Wildman–Crippen LogP) is 5.12. The van der Waals surface area contributed by atoms with Crippen LogP contribution in [0, 0.1) is 0 Å². The summed E-state index contributed by atoms with van der Waals surface area (Å²) in [5, 5.41) is 14.9. The number of aromatic nitrogens is 2. The van der Waals surface area contributed by atoms with Gasteiger partial charge in [0.1, 0.15) is 0 Å². The highest BCUT2D eigenvalue weighted by atomic mass is 32.2. The minimum absolute atomic E-state index is 0.0516. The summed E-state index contributed by atoms with van der Waals surface area (Å²) in [5.74, 6) is -0.0516. The van der Waals surface area contributed by atoms with Crippen molar-refractivity contribution in [2.75, 3.05) is 16.9 Å². The summed E-state index contributed by atoms with van der Waals surface area (Å²) in [4.78, 5) is 13.5. The first-order chi connectivity index (χ1) is 12.7. The van der Waals surface area contributed by atoms with Gasteiger partial charge in [-0.2, -0.15) is 0 Å². The minimum Gasteiger partial charge on any atom is -0.330 e. The molecule has 1 heterocycles. The molecule has 2 aromatic carbocycles. The Morgan fingerprint density at radius 2 is 1.81 bits per heavy atom. The normalized spacial score (nSPS) is 11.8. The number of anilines is 3. The van der Waals surface area contributed by atoms with Crippen molar-refractivity contribution in [1.82, 2.24) is 10.2 Å². The number of para-hydroxylation sites is 2. The molecule has 3 aromatic rings. The standard InChI is InChI=1S/C18H18N4OS3/c1-12(16(23)20-14-10-6-7-11-15(14)24-2)25-18-22-21-17(26-18)19-13-8-4-3-5-9-13/h3-12H,1-2H3,(H,19,21)(H,20,23). The number of carbonyl (C=O) groups is 1. The number of thioether (sulfide) groups is 2. The van der Waals surface area contributed by atoms with Crippen LogP contribution in [0.25, 0.3) is 0 Å². The number of nitrogens with one attached hydrogen (secondary N) is 2. The molecular formula is C18H18N4OS3. The Morgan fingerprint density at radius 1 is 1.08 bits per heavy atom. The molecule has 2 N–H and O–H groups in total. The number of hydrogen-bond donors (Lipinski definition) is 2. The van der Waals surface area contributed by atoms with E-state index in [1.165, 1.54) is 23.1 Å². The molecule has 5 nitrogen and oxygen atoms in total. The van der Waals surface area contributed by atoms with Crippen molar-refractivity contribution in [3.63, 3.8) is 0 Å². The Labute approximate surface area is 165 Å². The van der Waals surface area contributed by atoms with Gasteiger partial charge in [0, 0.05) is 10.6 Å². The second-order valence-electron chi connectivity index (χ2n) is 5.31. The van der Waals surface area contributed by atoms with Crippen LogP contribution in [-0.4, -0.2) is 27.6 Å². The lowest BCUT2D eigenvalue weighted by Crippen LogP contribution is -2.22. The maximum atomic E-state index is 12.5. The Bertz CT molecular complexity index is 870. The van der Waals surface area contributed by atoms with Crippen LogP contribution in [0.1, 0.15) is 6.92 Å². The third-order valence-corrected chi connectivity index (χ3v) is 6.26. The third-order valence-electron chi connectivity index (χ3n) is 3.44. The van der Waals surface area contributed by atoms with Crippen LogP contribution in [0.4, 0.5) is 16.5 Å². The number of amides is 1. The summed E-state index contributed by atoms with van der Waals surface area (Å²) in [6.07, 6.45) is 1.99. The van der Waals surface area contributed by atoms with Gasteiger partial charge < -0.3 is 10.6 Å². The molecule has 3 rings (SSSR count). The molecule has 0 aliphatic heterocycles. The highest BCUT2D eigenvalue weighted by molar-refractivity contribution is 8.02. The molecule has 0 aliphatic carbocycles. The van der Waals surface area contributed by atoms with E-state index in [0.29, 0.717) is 5.13 Å². The van der Waals surface area contributed by atoms with Crippen LogP contribution in [0.2, 0.25) is 0 Å². The number of nitrogens with zero attached hydrogens (tertiary/aromatic N) is 2. The number of hydrogen-bond acceptors (Lipinski definition) is 7. The molecule has 1 amide bonds. The molecular weight excluding hydrogens is 384 g/mol. The van der Waals surface area contributed by atoms with Crippen LogP contribution < -0.4 is 10.6 Å². The molecule has 0 spiro atoms. The van der Waals surface area contributed by atoms with Crippen LogP contribution in [0.5, 0.6) is 0 Å². The topological polar surface area (TPSA) is 66.9 Å². The smallest absolute Gasteiger partial charge is 0.237 e. The molecule has 1 atom stereocenters. The summed E-state index contributed by atoms with van der Waals surface area (Å²) in [6.45, 7) is 1.87. The maximum Gasteiger partial charge on any atom is 0.237 e. The Hall–Kier alpha value is -2.03. The summed E-state index contributed by atoms with van der Waals surface area (Å²) in [6, 6.07) is 17.6. The molecule has 8 heteroatoms. The summed E-state index contributed by atoms with van der Waals surface area (Å²) in [7, 11) is 0. The fourth-order valence-corrected chi connectivity index (χ4v) is 4.61. The molecule has 134 valence electrons. The zero-order chi connectivity index (χ0) is 18.4. The van der Waals surface area contributed by atoms with E-state index in [2.05, 4.69) is 20.8 Å². The second kappa shape index (κ2) is 9.07. The van der Waals surface area contributed by atoms with Crippen LogP contribution in [0.15, 0.2) is 63.8 Å². The Morgan fingerprint density at radius 3 is 2.58 bits per heavy atom. The molecule has 1 unspecified atom stereocenters. The lowest BCUT2D eigenvalue weighted by molar-refractivity contribution is -0.115. The molecule has 0 aliphatic rings. The lowest BCUT2D eigenvalue weighted by Gasteiger charge is -2.12. The van der Waals surface area contributed by atoms with Crippen molar-refractivity contribution < 1.29 is 4.79 Å². The fourth-order valence-electron chi connectivity index (χ4n) is 2.14. The van der Waals surface area contributed by atoms with E-state index < -0.39 is 0 Å². The van der Waals surface area contributed by atoms with Crippen LogP contribution >= 0.6 is 34.9 Å². The monoisotopic (exact) mass is 402 g/mol. The zero-order valence-electron chi connectivity index (χ0n) is 14.3. The van der Waals surface area contributed by atoms with Gasteiger partial charge in [-0.3, -0.25) is 4.79 Å². The fraction of sp³-hybridized carbons (Fsp3) is 0.167. The van der Waals surface area contributed by atoms with E-state index in [-0.39, 0.29) is 11.2 Å².